The number of ether oxygens (including phenoxy) is 3. The maximum atomic E-state index is 12.5. The van der Waals surface area contributed by atoms with Crippen molar-refractivity contribution in [1.82, 2.24) is 0 Å². The summed E-state index contributed by atoms with van der Waals surface area (Å²) in [5.74, 6) is -0.0500. The molecule has 0 aromatic carbocycles. The van der Waals surface area contributed by atoms with Gasteiger partial charge in [0.2, 0.25) is 0 Å². The van der Waals surface area contributed by atoms with Crippen LogP contribution in [0, 0.1) is 5.92 Å². The fraction of sp³-hybridized carbons (Fsp3) is 0.935. The summed E-state index contributed by atoms with van der Waals surface area (Å²) in [5.41, 5.74) is 0. The molecule has 0 fully saturated rings. The number of esters is 3. The van der Waals surface area contributed by atoms with Gasteiger partial charge in [0.1, 0.15) is 13.2 Å². The molecule has 308 valence electrons. The predicted molar refractivity (Wildman–Crippen MR) is 220 cm³/mol. The summed E-state index contributed by atoms with van der Waals surface area (Å²) in [4.78, 5) is 37.4. The number of unbranched alkanes of at least 4 members (excludes halogenated alkanes) is 28. The SMILES string of the molecule is CCCCCCCCCCCCCCCCCCC(=O)OC[C@H](COC(=O)CCCCCCCCCCCCC(C)C)OC(=O)CCCCCCC. The van der Waals surface area contributed by atoms with Crippen LogP contribution in [0.1, 0.15) is 252 Å². The lowest BCUT2D eigenvalue weighted by atomic mass is 10.0. The number of hydrogen-bond acceptors (Lipinski definition) is 6. The Labute approximate surface area is 323 Å². The van der Waals surface area contributed by atoms with E-state index < -0.39 is 6.10 Å². The van der Waals surface area contributed by atoms with E-state index in [0.29, 0.717) is 19.3 Å². The fourth-order valence-electron chi connectivity index (χ4n) is 6.80. The Morgan fingerprint density at radius 2 is 0.635 bits per heavy atom. The molecule has 0 aromatic heterocycles. The normalized spacial score (nSPS) is 11.9. The molecule has 0 saturated heterocycles. The first-order valence-electron chi connectivity index (χ1n) is 22.9. The highest BCUT2D eigenvalue weighted by molar-refractivity contribution is 5.71. The molecule has 0 saturated carbocycles. The van der Waals surface area contributed by atoms with Crippen molar-refractivity contribution in [2.75, 3.05) is 13.2 Å². The zero-order chi connectivity index (χ0) is 38.2. The molecule has 0 N–H and O–H groups in total. The molecule has 0 spiro atoms. The van der Waals surface area contributed by atoms with Crippen molar-refractivity contribution in [2.45, 2.75) is 259 Å². The van der Waals surface area contributed by atoms with E-state index in [1.165, 1.54) is 141 Å². The molecule has 6 nitrogen and oxygen atoms in total. The van der Waals surface area contributed by atoms with Crippen LogP contribution < -0.4 is 0 Å². The van der Waals surface area contributed by atoms with Crippen LogP contribution in [-0.4, -0.2) is 37.2 Å². The zero-order valence-corrected chi connectivity index (χ0v) is 35.3. The van der Waals surface area contributed by atoms with Crippen LogP contribution in [0.2, 0.25) is 0 Å². The van der Waals surface area contributed by atoms with Gasteiger partial charge in [-0.05, 0) is 25.2 Å². The Balaban J connectivity index is 4.12. The van der Waals surface area contributed by atoms with E-state index in [9.17, 15) is 14.4 Å². The van der Waals surface area contributed by atoms with E-state index in [0.717, 1.165) is 70.1 Å². The lowest BCUT2D eigenvalue weighted by molar-refractivity contribution is -0.167. The van der Waals surface area contributed by atoms with E-state index in [4.69, 9.17) is 14.2 Å². The predicted octanol–water partition coefficient (Wildman–Crippen LogP) is 14.3. The lowest BCUT2D eigenvalue weighted by Crippen LogP contribution is -2.30. The zero-order valence-electron chi connectivity index (χ0n) is 35.3. The number of carbonyl (C=O) groups excluding carboxylic acids is 3. The van der Waals surface area contributed by atoms with Crippen LogP contribution in [0.15, 0.2) is 0 Å². The molecule has 0 aliphatic heterocycles. The van der Waals surface area contributed by atoms with Crippen LogP contribution >= 0.6 is 0 Å². The van der Waals surface area contributed by atoms with Crippen molar-refractivity contribution in [3.05, 3.63) is 0 Å². The van der Waals surface area contributed by atoms with Crippen LogP contribution in [0.5, 0.6) is 0 Å². The minimum atomic E-state index is -0.757. The van der Waals surface area contributed by atoms with Gasteiger partial charge in [-0.2, -0.15) is 0 Å². The summed E-state index contributed by atoms with van der Waals surface area (Å²) < 4.78 is 16.6. The largest absolute Gasteiger partial charge is 0.462 e. The summed E-state index contributed by atoms with van der Waals surface area (Å²) in [6.07, 6.45) is 39.8. The van der Waals surface area contributed by atoms with Crippen molar-refractivity contribution in [3.8, 4) is 0 Å². The number of rotatable bonds is 41. The molecule has 52 heavy (non-hydrogen) atoms. The lowest BCUT2D eigenvalue weighted by Gasteiger charge is -2.18. The first-order chi connectivity index (χ1) is 25.4. The highest BCUT2D eigenvalue weighted by atomic mass is 16.6. The Morgan fingerprint density at radius 3 is 0.942 bits per heavy atom. The second-order valence-electron chi connectivity index (χ2n) is 16.2. The minimum Gasteiger partial charge on any atom is -0.462 e. The van der Waals surface area contributed by atoms with Crippen molar-refractivity contribution in [2.24, 2.45) is 5.92 Å². The molecule has 6 heteroatoms. The Morgan fingerprint density at radius 1 is 0.365 bits per heavy atom. The van der Waals surface area contributed by atoms with Crippen molar-refractivity contribution in [1.29, 1.82) is 0 Å². The molecular formula is C46H88O6. The van der Waals surface area contributed by atoms with Gasteiger partial charge in [-0.15, -0.1) is 0 Å². The van der Waals surface area contributed by atoms with Gasteiger partial charge in [-0.25, -0.2) is 0 Å². The highest BCUT2D eigenvalue weighted by Crippen LogP contribution is 2.16. The number of hydrogen-bond donors (Lipinski definition) is 0. The molecule has 0 aromatic rings. The maximum Gasteiger partial charge on any atom is 0.306 e. The van der Waals surface area contributed by atoms with Crippen molar-refractivity contribution >= 4 is 17.9 Å². The summed E-state index contributed by atoms with van der Waals surface area (Å²) in [5, 5.41) is 0. The molecule has 0 bridgehead atoms. The van der Waals surface area contributed by atoms with Crippen LogP contribution in [0.25, 0.3) is 0 Å². The van der Waals surface area contributed by atoms with E-state index in [2.05, 4.69) is 27.7 Å². The average molecular weight is 737 g/mol. The molecule has 0 amide bonds. The fourth-order valence-corrected chi connectivity index (χ4v) is 6.80. The van der Waals surface area contributed by atoms with E-state index >= 15 is 0 Å². The molecule has 0 radical (unpaired) electrons. The van der Waals surface area contributed by atoms with Gasteiger partial charge in [0.05, 0.1) is 0 Å². The van der Waals surface area contributed by atoms with Gasteiger partial charge in [0.15, 0.2) is 6.10 Å². The quantitative estimate of drug-likeness (QED) is 0.0353. The third-order valence-electron chi connectivity index (χ3n) is 10.3. The van der Waals surface area contributed by atoms with Crippen molar-refractivity contribution < 1.29 is 28.6 Å². The van der Waals surface area contributed by atoms with Crippen molar-refractivity contribution in [3.63, 3.8) is 0 Å². The molecule has 0 aliphatic carbocycles. The molecule has 0 rings (SSSR count). The van der Waals surface area contributed by atoms with Gasteiger partial charge in [0, 0.05) is 19.3 Å². The number of carbonyl (C=O) groups is 3. The van der Waals surface area contributed by atoms with Gasteiger partial charge in [0.25, 0.3) is 0 Å². The molecule has 0 aliphatic rings. The second-order valence-corrected chi connectivity index (χ2v) is 16.2. The monoisotopic (exact) mass is 737 g/mol. The van der Waals surface area contributed by atoms with Crippen LogP contribution in [-0.2, 0) is 28.6 Å². The first kappa shape index (κ1) is 50.4. The second kappa shape index (κ2) is 40.6. The van der Waals surface area contributed by atoms with Crippen LogP contribution in [0.3, 0.4) is 0 Å². The molecule has 0 heterocycles. The average Bonchev–Trinajstić information content (AvgIpc) is 3.12. The van der Waals surface area contributed by atoms with Gasteiger partial charge >= 0.3 is 17.9 Å². The van der Waals surface area contributed by atoms with E-state index in [-0.39, 0.29) is 31.1 Å². The molecular weight excluding hydrogens is 649 g/mol. The molecule has 1 atom stereocenters. The Bertz CT molecular complexity index is 781. The third kappa shape index (κ3) is 39.6. The highest BCUT2D eigenvalue weighted by Gasteiger charge is 2.19. The summed E-state index contributed by atoms with van der Waals surface area (Å²) in [6.45, 7) is 8.91. The molecule has 0 unspecified atom stereocenters. The van der Waals surface area contributed by atoms with E-state index in [1.54, 1.807) is 0 Å². The summed E-state index contributed by atoms with van der Waals surface area (Å²) >= 11 is 0. The maximum absolute atomic E-state index is 12.5. The Kier molecular flexibility index (Phi) is 39.4. The van der Waals surface area contributed by atoms with Gasteiger partial charge in [-0.1, -0.05) is 214 Å². The van der Waals surface area contributed by atoms with Gasteiger partial charge < -0.3 is 14.2 Å². The minimum absolute atomic E-state index is 0.0652. The van der Waals surface area contributed by atoms with Crippen LogP contribution in [0.4, 0.5) is 0 Å². The summed E-state index contributed by atoms with van der Waals surface area (Å²) in [7, 11) is 0. The Hall–Kier alpha value is -1.59. The summed E-state index contributed by atoms with van der Waals surface area (Å²) in [6, 6.07) is 0. The van der Waals surface area contributed by atoms with E-state index in [1.807, 2.05) is 0 Å². The van der Waals surface area contributed by atoms with Gasteiger partial charge in [-0.3, -0.25) is 14.4 Å². The smallest absolute Gasteiger partial charge is 0.306 e. The topological polar surface area (TPSA) is 78.9 Å². The first-order valence-corrected chi connectivity index (χ1v) is 22.9. The third-order valence-corrected chi connectivity index (χ3v) is 10.3. The standard InChI is InChI=1S/C46H88O6/c1-5-7-9-11-12-13-14-15-16-17-18-19-23-26-30-33-37-44(47)50-40-43(52-46(49)39-35-28-10-8-6-2)41-51-45(48)38-34-31-27-24-21-20-22-25-29-32-36-42(3)4/h42-43H,5-41H2,1-4H3/t43-/m1/s1.